The maximum Gasteiger partial charge on any atom is 0.414 e. The van der Waals surface area contributed by atoms with Gasteiger partial charge in [-0.1, -0.05) is 17.8 Å². The Bertz CT molecular complexity index is 810. The minimum Gasteiger partial charge on any atom is -0.442 e. The van der Waals surface area contributed by atoms with Gasteiger partial charge >= 0.3 is 6.09 Å². The number of carbonyl (C=O) groups excluding carboxylic acids is 1. The van der Waals surface area contributed by atoms with E-state index < -0.39 is 6.09 Å². The Morgan fingerprint density at radius 3 is 2.85 bits per heavy atom. The molecule has 2 aliphatic heterocycles. The Morgan fingerprint density at radius 1 is 1.48 bits per heavy atom. The average molecular weight is 388 g/mol. The number of anilines is 2. The molecule has 0 aliphatic carbocycles. The summed E-state index contributed by atoms with van der Waals surface area (Å²) in [7, 11) is 0. The number of carbonyl (C=O) groups is 1. The van der Waals surface area contributed by atoms with Gasteiger partial charge in [-0.25, -0.2) is 9.18 Å². The lowest BCUT2D eigenvalue weighted by Crippen LogP contribution is -2.33. The van der Waals surface area contributed by atoms with Gasteiger partial charge in [0.05, 0.1) is 35.5 Å². The summed E-state index contributed by atoms with van der Waals surface area (Å²) in [6.07, 6.45) is 2.26. The second-order valence-electron chi connectivity index (χ2n) is 6.61. The number of hydrogen-bond donors (Lipinski definition) is 1. The van der Waals surface area contributed by atoms with Crippen molar-refractivity contribution < 1.29 is 13.9 Å². The maximum atomic E-state index is 14.7. The number of cyclic esters (lactones) is 1. The first kappa shape index (κ1) is 19.1. The van der Waals surface area contributed by atoms with Crippen LogP contribution in [-0.2, 0) is 4.74 Å². The van der Waals surface area contributed by atoms with Crippen LogP contribution < -0.4 is 15.1 Å². The van der Waals surface area contributed by atoms with Crippen LogP contribution in [0.1, 0.15) is 19.8 Å². The number of nitriles is 1. The average Bonchev–Trinajstić information content (AvgIpc) is 3.02. The molecule has 0 radical (unpaired) electrons. The second-order valence-corrected chi connectivity index (χ2v) is 7.22. The highest BCUT2D eigenvalue weighted by molar-refractivity contribution is 7.80. The van der Waals surface area contributed by atoms with Crippen molar-refractivity contribution in [2.45, 2.75) is 25.9 Å². The van der Waals surface area contributed by atoms with Gasteiger partial charge < -0.3 is 15.0 Å². The molecule has 142 valence electrons. The van der Waals surface area contributed by atoms with Crippen LogP contribution in [0, 0.1) is 17.1 Å². The first-order valence-electron chi connectivity index (χ1n) is 8.82. The number of benzene rings is 1. The molecule has 2 fully saturated rings. The zero-order valence-corrected chi connectivity index (χ0v) is 15.9. The summed E-state index contributed by atoms with van der Waals surface area (Å²) in [6, 6.07) is 6.86. The third-order valence-corrected chi connectivity index (χ3v) is 4.86. The van der Waals surface area contributed by atoms with Crippen molar-refractivity contribution in [2.24, 2.45) is 0 Å². The minimum absolute atomic E-state index is 0.328. The largest absolute Gasteiger partial charge is 0.442 e. The van der Waals surface area contributed by atoms with Gasteiger partial charge in [0.25, 0.3) is 0 Å². The first-order chi connectivity index (χ1) is 13.0. The summed E-state index contributed by atoms with van der Waals surface area (Å²) in [5.74, 6) is -0.371. The fourth-order valence-electron chi connectivity index (χ4n) is 3.29. The highest BCUT2D eigenvalue weighted by Crippen LogP contribution is 2.30. The molecule has 1 aromatic carbocycles. The maximum absolute atomic E-state index is 14.7. The van der Waals surface area contributed by atoms with E-state index in [-0.39, 0.29) is 11.9 Å². The summed E-state index contributed by atoms with van der Waals surface area (Å²) in [5, 5.41) is 11.7. The summed E-state index contributed by atoms with van der Waals surface area (Å²) >= 11 is 4.96. The van der Waals surface area contributed by atoms with Gasteiger partial charge in [-0.15, -0.1) is 0 Å². The summed E-state index contributed by atoms with van der Waals surface area (Å²) in [6.45, 7) is 3.88. The molecule has 0 saturated carbocycles. The minimum atomic E-state index is -0.486. The molecule has 0 spiro atoms. The van der Waals surface area contributed by atoms with Gasteiger partial charge in [-0.2, -0.15) is 5.26 Å². The Labute approximate surface area is 163 Å². The van der Waals surface area contributed by atoms with Gasteiger partial charge in [0.2, 0.25) is 0 Å². The molecule has 2 saturated heterocycles. The molecule has 1 atom stereocenters. The number of amides is 1. The van der Waals surface area contributed by atoms with E-state index in [4.69, 9.17) is 22.2 Å². The molecule has 8 heteroatoms. The Morgan fingerprint density at radius 2 is 2.22 bits per heavy atom. The highest BCUT2D eigenvalue weighted by Gasteiger charge is 2.32. The van der Waals surface area contributed by atoms with Crippen LogP contribution in [0.15, 0.2) is 29.8 Å². The van der Waals surface area contributed by atoms with Crippen molar-refractivity contribution in [3.8, 4) is 6.07 Å². The van der Waals surface area contributed by atoms with Gasteiger partial charge in [0.1, 0.15) is 11.9 Å². The fraction of sp³-hybridized carbons (Fsp3) is 0.421. The molecule has 2 aliphatic rings. The molecular weight excluding hydrogens is 367 g/mol. The van der Waals surface area contributed by atoms with E-state index in [0.29, 0.717) is 42.5 Å². The van der Waals surface area contributed by atoms with Crippen molar-refractivity contribution >= 4 is 34.7 Å². The number of allylic oxidation sites excluding steroid dienone is 1. The third kappa shape index (κ3) is 4.55. The standard InChI is InChI=1S/C19H21FN4O2S/c1-13(27)22-11-16-12-24(19(25)26-16)15-2-3-18(17(20)10-15)23-8-5-14(4-7-21)6-9-23/h2-4,10,16H,5-6,8-9,11-12H2,1H3,(H,22,27)/t16-/m0/s1. The molecule has 1 amide bonds. The second kappa shape index (κ2) is 8.35. The normalized spacial score (nSPS) is 19.5. The number of piperidine rings is 1. The fourth-order valence-corrected chi connectivity index (χ4v) is 3.37. The number of nitrogens with zero attached hydrogens (tertiary/aromatic N) is 3. The Hall–Kier alpha value is -2.66. The molecule has 1 aromatic rings. The van der Waals surface area contributed by atoms with E-state index in [1.165, 1.54) is 11.0 Å². The number of ether oxygens (including phenoxy) is 1. The lowest BCUT2D eigenvalue weighted by molar-refractivity contribution is 0.143. The van der Waals surface area contributed by atoms with Gasteiger partial charge in [0.15, 0.2) is 0 Å². The third-order valence-electron chi connectivity index (χ3n) is 4.71. The van der Waals surface area contributed by atoms with Crippen LogP contribution in [0.2, 0.25) is 0 Å². The zero-order valence-electron chi connectivity index (χ0n) is 15.1. The molecule has 1 N–H and O–H groups in total. The lowest BCUT2D eigenvalue weighted by atomic mass is 10.0. The van der Waals surface area contributed by atoms with E-state index in [1.807, 2.05) is 11.0 Å². The number of thiocarbonyl (C=S) groups is 1. The topological polar surface area (TPSA) is 68.6 Å². The van der Waals surface area contributed by atoms with Crippen LogP contribution in [0.3, 0.4) is 0 Å². The monoisotopic (exact) mass is 388 g/mol. The van der Waals surface area contributed by atoms with Crippen molar-refractivity contribution in [2.75, 3.05) is 36.0 Å². The zero-order chi connectivity index (χ0) is 19.4. The molecule has 3 rings (SSSR count). The predicted octanol–water partition coefficient (Wildman–Crippen LogP) is 3.14. The van der Waals surface area contributed by atoms with Crippen LogP contribution >= 0.6 is 12.2 Å². The van der Waals surface area contributed by atoms with Crippen LogP contribution in [0.25, 0.3) is 0 Å². The van der Waals surface area contributed by atoms with E-state index in [9.17, 15) is 9.18 Å². The van der Waals surface area contributed by atoms with Crippen LogP contribution in [-0.4, -0.2) is 43.4 Å². The predicted molar refractivity (Wildman–Crippen MR) is 105 cm³/mol. The summed E-state index contributed by atoms with van der Waals surface area (Å²) in [4.78, 5) is 16.1. The van der Waals surface area contributed by atoms with E-state index in [1.54, 1.807) is 25.1 Å². The SMILES string of the molecule is CC(=S)NC[C@H]1CN(c2ccc(N3CCC(=CC#N)CC3)c(F)c2)C(=O)O1. The summed E-state index contributed by atoms with van der Waals surface area (Å²) in [5.41, 5.74) is 2.08. The van der Waals surface area contributed by atoms with E-state index in [0.717, 1.165) is 18.4 Å². The quantitative estimate of drug-likeness (QED) is 0.631. The number of halogens is 1. The molecule has 0 bridgehead atoms. The molecular formula is C19H21FN4O2S. The molecule has 0 unspecified atom stereocenters. The number of rotatable bonds is 4. The van der Waals surface area contributed by atoms with E-state index in [2.05, 4.69) is 5.32 Å². The van der Waals surface area contributed by atoms with Crippen molar-refractivity contribution in [3.63, 3.8) is 0 Å². The van der Waals surface area contributed by atoms with E-state index >= 15 is 0 Å². The summed E-state index contributed by atoms with van der Waals surface area (Å²) < 4.78 is 20.0. The van der Waals surface area contributed by atoms with Gasteiger partial charge in [-0.3, -0.25) is 4.90 Å². The molecule has 27 heavy (non-hydrogen) atoms. The molecule has 0 aromatic heterocycles. The van der Waals surface area contributed by atoms with Gasteiger partial charge in [-0.05, 0) is 38.0 Å². The van der Waals surface area contributed by atoms with Crippen LogP contribution in [0.4, 0.5) is 20.6 Å². The Balaban J connectivity index is 1.67. The van der Waals surface area contributed by atoms with Gasteiger partial charge in [0, 0.05) is 19.2 Å². The van der Waals surface area contributed by atoms with Crippen molar-refractivity contribution in [1.29, 1.82) is 5.26 Å². The number of nitrogens with one attached hydrogen (secondary N) is 1. The van der Waals surface area contributed by atoms with Crippen molar-refractivity contribution in [3.05, 3.63) is 35.7 Å². The molecule has 6 nitrogen and oxygen atoms in total. The first-order valence-corrected chi connectivity index (χ1v) is 9.23. The lowest BCUT2D eigenvalue weighted by Gasteiger charge is -2.30. The smallest absolute Gasteiger partial charge is 0.414 e. The Kier molecular flexibility index (Phi) is 5.91. The highest BCUT2D eigenvalue weighted by atomic mass is 32.1. The number of hydrogen-bond acceptors (Lipinski definition) is 5. The molecule has 2 heterocycles. The van der Waals surface area contributed by atoms with Crippen molar-refractivity contribution in [1.82, 2.24) is 5.32 Å². The van der Waals surface area contributed by atoms with Crippen LogP contribution in [0.5, 0.6) is 0 Å².